The van der Waals surface area contributed by atoms with Crippen LogP contribution in [0.2, 0.25) is 0 Å². The van der Waals surface area contributed by atoms with Gasteiger partial charge in [-0.15, -0.1) is 17.0 Å². The van der Waals surface area contributed by atoms with Gasteiger partial charge in [-0.2, -0.15) is 0 Å². The highest BCUT2D eigenvalue weighted by Crippen LogP contribution is 1.89. The average molecular weight is 200 g/mol. The Labute approximate surface area is 76.7 Å². The zero-order chi connectivity index (χ0) is 5.98. The summed E-state index contributed by atoms with van der Waals surface area (Å²) >= 11 is 1.68. The molecule has 0 bridgehead atoms. The molecule has 0 unspecified atom stereocenters. The minimum Gasteiger partial charge on any atom is -0.207 e. The van der Waals surface area contributed by atoms with Gasteiger partial charge < -0.3 is 0 Å². The van der Waals surface area contributed by atoms with Crippen molar-refractivity contribution in [2.45, 2.75) is 0 Å². The van der Waals surface area contributed by atoms with Gasteiger partial charge in [0.1, 0.15) is 5.82 Å². The topological polar surface area (TPSA) is 0 Å². The summed E-state index contributed by atoms with van der Waals surface area (Å²) in [7, 11) is 0. The predicted molar refractivity (Wildman–Crippen MR) is 42.1 cm³/mol. The Bertz CT molecular complexity index is 173. The van der Waals surface area contributed by atoms with Crippen LogP contribution in [-0.2, 0) is 0 Å². The maximum absolute atomic E-state index is 12.2. The molecule has 0 aromatic heterocycles. The fourth-order valence-corrected chi connectivity index (χ4v) is 0.868. The van der Waals surface area contributed by atoms with Gasteiger partial charge in [0.2, 0.25) is 0 Å². The molecule has 9 heavy (non-hydrogen) atoms. The standard InChI is InChI=1S/C6H4F.BrH.Mg/c7-6-4-2-1-3-5-6;;/h1-2,4-5H;1H;. The van der Waals surface area contributed by atoms with Crippen LogP contribution in [0.3, 0.4) is 0 Å². The van der Waals surface area contributed by atoms with Gasteiger partial charge in [0, 0.05) is 0 Å². The van der Waals surface area contributed by atoms with E-state index in [1.165, 1.54) is 12.1 Å². The first kappa shape index (κ1) is 9.40. The van der Waals surface area contributed by atoms with Crippen molar-refractivity contribution in [2.75, 3.05) is 0 Å². The highest BCUT2D eigenvalue weighted by molar-refractivity contribution is 8.93. The predicted octanol–water partition coefficient (Wildman–Crippen LogP) is 1.20. The zero-order valence-corrected chi connectivity index (χ0v) is 7.93. The Morgan fingerprint density at radius 3 is 2.33 bits per heavy atom. The van der Waals surface area contributed by atoms with Crippen LogP contribution in [0.1, 0.15) is 0 Å². The molecule has 1 radical (unpaired) electrons. The van der Waals surface area contributed by atoms with Crippen molar-refractivity contribution >= 4 is 42.4 Å². The molecule has 0 heterocycles. The molecule has 0 atom stereocenters. The molecule has 1 rings (SSSR count). The normalized spacial score (nSPS) is 8.00. The minimum absolute atomic E-state index is 0. The quantitative estimate of drug-likeness (QED) is 0.552. The van der Waals surface area contributed by atoms with Crippen molar-refractivity contribution in [3.05, 3.63) is 30.1 Å². The van der Waals surface area contributed by atoms with Crippen molar-refractivity contribution in [2.24, 2.45) is 0 Å². The van der Waals surface area contributed by atoms with Gasteiger partial charge in [0.05, 0.1) is 0 Å². The van der Waals surface area contributed by atoms with Gasteiger partial charge in [-0.25, -0.2) is 8.08 Å². The SMILES string of the molecule is Br.Fc1ccc[c]([Mg])c1. The lowest BCUT2D eigenvalue weighted by molar-refractivity contribution is 0.629. The maximum Gasteiger partial charge on any atom is 0.276 e. The first-order chi connectivity index (χ1) is 3.79. The molecule has 0 aliphatic carbocycles. The molecule has 0 saturated heterocycles. The van der Waals surface area contributed by atoms with Gasteiger partial charge in [0.25, 0.3) is 21.7 Å². The molecule has 3 heteroatoms. The van der Waals surface area contributed by atoms with E-state index in [4.69, 9.17) is 0 Å². The maximum atomic E-state index is 12.2. The van der Waals surface area contributed by atoms with E-state index in [1.807, 2.05) is 6.07 Å². The highest BCUT2D eigenvalue weighted by Gasteiger charge is 1.82. The Morgan fingerprint density at radius 1 is 1.33 bits per heavy atom. The van der Waals surface area contributed by atoms with E-state index in [9.17, 15) is 4.39 Å². The van der Waals surface area contributed by atoms with E-state index in [-0.39, 0.29) is 22.8 Å². The fraction of sp³-hybridized carbons (Fsp3) is 0. The average Bonchev–Trinajstić information content (AvgIpc) is 1.64. The van der Waals surface area contributed by atoms with Crippen LogP contribution in [0.25, 0.3) is 0 Å². The van der Waals surface area contributed by atoms with Crippen molar-refractivity contribution in [1.29, 1.82) is 0 Å². The number of halogens is 2. The van der Waals surface area contributed by atoms with Crippen LogP contribution in [-0.4, -0.2) is 21.7 Å². The molecule has 1 aromatic rings. The summed E-state index contributed by atoms with van der Waals surface area (Å²) < 4.78 is 13.2. The molecular weight excluding hydrogens is 195 g/mol. The van der Waals surface area contributed by atoms with Crippen LogP contribution >= 0.6 is 17.0 Å². The summed E-state index contributed by atoms with van der Waals surface area (Å²) in [5.74, 6) is -0.155. The summed E-state index contributed by atoms with van der Waals surface area (Å²) in [6.45, 7) is 0. The molecular formula is C6H5BrFMg. The van der Waals surface area contributed by atoms with Crippen molar-refractivity contribution in [3.63, 3.8) is 0 Å². The molecule has 0 aliphatic heterocycles. The van der Waals surface area contributed by atoms with Crippen LogP contribution in [0.5, 0.6) is 0 Å². The molecule has 0 fully saturated rings. The van der Waals surface area contributed by atoms with Crippen molar-refractivity contribution in [1.82, 2.24) is 0 Å². The molecule has 45 valence electrons. The first-order valence-corrected chi connectivity index (χ1v) is 3.07. The number of hydrogen-bond donors (Lipinski definition) is 0. The summed E-state index contributed by atoms with van der Waals surface area (Å²) in [6, 6.07) is 6.54. The van der Waals surface area contributed by atoms with Crippen molar-refractivity contribution in [3.8, 4) is 0 Å². The third-order valence-corrected chi connectivity index (χ3v) is 1.33. The Balaban J connectivity index is 0.000000640. The first-order valence-electron chi connectivity index (χ1n) is 2.36. The molecule has 0 amide bonds. The summed E-state index contributed by atoms with van der Waals surface area (Å²) in [6.07, 6.45) is 0. The van der Waals surface area contributed by atoms with E-state index in [1.54, 1.807) is 27.8 Å². The summed E-state index contributed by atoms with van der Waals surface area (Å²) in [5, 5.41) is 0. The van der Waals surface area contributed by atoms with Crippen LogP contribution in [0.15, 0.2) is 24.3 Å². The molecule has 0 saturated carbocycles. The van der Waals surface area contributed by atoms with Gasteiger partial charge in [-0.1, -0.05) is 18.2 Å². The van der Waals surface area contributed by atoms with E-state index < -0.39 is 0 Å². The highest BCUT2D eigenvalue weighted by atomic mass is 79.9. The van der Waals surface area contributed by atoms with Crippen LogP contribution in [0, 0.1) is 5.82 Å². The number of hydrogen-bond acceptors (Lipinski definition) is 0. The molecule has 0 aliphatic rings. The van der Waals surface area contributed by atoms with Crippen molar-refractivity contribution < 1.29 is 4.39 Å². The lowest BCUT2D eigenvalue weighted by Gasteiger charge is -1.90. The smallest absolute Gasteiger partial charge is 0.207 e. The molecule has 0 spiro atoms. The van der Waals surface area contributed by atoms with Gasteiger partial charge >= 0.3 is 0 Å². The lowest BCUT2D eigenvalue weighted by Crippen LogP contribution is -2.00. The Hall–Kier alpha value is 0.396. The Morgan fingerprint density at radius 2 is 2.00 bits per heavy atom. The second-order valence-corrected chi connectivity index (χ2v) is 2.45. The van der Waals surface area contributed by atoms with E-state index in [0.29, 0.717) is 0 Å². The lowest BCUT2D eigenvalue weighted by atomic mass is 10.3. The van der Waals surface area contributed by atoms with E-state index in [0.717, 1.165) is 3.69 Å². The second-order valence-electron chi connectivity index (χ2n) is 1.63. The van der Waals surface area contributed by atoms with Crippen LogP contribution in [0.4, 0.5) is 4.39 Å². The second kappa shape index (κ2) is 4.25. The monoisotopic (exact) mass is 199 g/mol. The third kappa shape index (κ3) is 3.18. The molecule has 0 N–H and O–H groups in total. The largest absolute Gasteiger partial charge is 0.276 e. The molecule has 0 nitrogen and oxygen atoms in total. The van der Waals surface area contributed by atoms with E-state index in [2.05, 4.69) is 0 Å². The third-order valence-electron chi connectivity index (χ3n) is 0.889. The van der Waals surface area contributed by atoms with Gasteiger partial charge in [-0.3, -0.25) is 0 Å². The van der Waals surface area contributed by atoms with Gasteiger partial charge in [-0.05, 0) is 6.07 Å². The zero-order valence-electron chi connectivity index (χ0n) is 4.80. The number of benzene rings is 1. The summed E-state index contributed by atoms with van der Waals surface area (Å²) in [4.78, 5) is 0. The van der Waals surface area contributed by atoms with Crippen LogP contribution < -0.4 is 3.69 Å². The number of rotatable bonds is 0. The minimum atomic E-state index is -0.155. The molecule has 1 aromatic carbocycles. The summed E-state index contributed by atoms with van der Waals surface area (Å²) in [5.41, 5.74) is 0. The van der Waals surface area contributed by atoms with E-state index >= 15 is 0 Å². The van der Waals surface area contributed by atoms with Gasteiger partial charge in [0.15, 0.2) is 0 Å². The fourth-order valence-electron chi connectivity index (χ4n) is 0.537. The Kier molecular flexibility index (Phi) is 4.44.